The van der Waals surface area contributed by atoms with Crippen LogP contribution in [0.4, 0.5) is 5.69 Å². The molecule has 0 aliphatic rings. The van der Waals surface area contributed by atoms with Crippen LogP contribution in [-0.4, -0.2) is 22.5 Å². The van der Waals surface area contributed by atoms with E-state index in [0.717, 1.165) is 28.1 Å². The first-order valence-electron chi connectivity index (χ1n) is 7.41. The number of imidazole rings is 1. The number of H-pyrrole nitrogens is 1. The van der Waals surface area contributed by atoms with Crippen LogP contribution in [0.1, 0.15) is 6.92 Å². The summed E-state index contributed by atoms with van der Waals surface area (Å²) in [5.74, 6) is 0.471. The van der Waals surface area contributed by atoms with Gasteiger partial charge in [-0.1, -0.05) is 12.1 Å². The molecule has 0 aliphatic carbocycles. The molecule has 5 heteroatoms. The first-order chi connectivity index (χ1) is 11.3. The number of nitrogens with zero attached hydrogens (tertiary/aromatic N) is 1. The molecule has 1 aromatic heterocycles. The van der Waals surface area contributed by atoms with Crippen molar-refractivity contribution in [3.05, 3.63) is 60.8 Å². The van der Waals surface area contributed by atoms with Gasteiger partial charge in [-0.05, 0) is 43.3 Å². The molecule has 3 rings (SSSR count). The zero-order valence-electron chi connectivity index (χ0n) is 12.7. The molecule has 0 amide bonds. The lowest BCUT2D eigenvalue weighted by molar-refractivity contribution is -0.137. The second kappa shape index (κ2) is 6.79. The van der Waals surface area contributed by atoms with Gasteiger partial charge in [-0.2, -0.15) is 0 Å². The van der Waals surface area contributed by atoms with Crippen LogP contribution in [-0.2, 0) is 9.53 Å². The Balaban J connectivity index is 1.70. The Morgan fingerprint density at radius 1 is 1.22 bits per heavy atom. The molecule has 0 saturated heterocycles. The Kier molecular flexibility index (Phi) is 4.38. The Labute approximate surface area is 134 Å². The molecule has 23 heavy (non-hydrogen) atoms. The highest BCUT2D eigenvalue weighted by atomic mass is 16.5. The van der Waals surface area contributed by atoms with Gasteiger partial charge in [0.25, 0.3) is 0 Å². The van der Waals surface area contributed by atoms with Crippen molar-refractivity contribution in [2.24, 2.45) is 0 Å². The first kappa shape index (κ1) is 14.8. The SMILES string of the molecule is CCOC(=O)/C=C/Nc1ccc(-c2nc3ccccc3[nH]2)cc1. The van der Waals surface area contributed by atoms with E-state index in [1.165, 1.54) is 6.08 Å². The second-order valence-electron chi connectivity index (χ2n) is 4.91. The van der Waals surface area contributed by atoms with E-state index in [0.29, 0.717) is 6.61 Å². The second-order valence-corrected chi connectivity index (χ2v) is 4.91. The molecule has 2 N–H and O–H groups in total. The quantitative estimate of drug-likeness (QED) is 0.557. The van der Waals surface area contributed by atoms with Gasteiger partial charge in [0.2, 0.25) is 0 Å². The number of carbonyl (C=O) groups is 1. The number of hydrogen-bond acceptors (Lipinski definition) is 4. The van der Waals surface area contributed by atoms with Gasteiger partial charge in [0.15, 0.2) is 0 Å². The smallest absolute Gasteiger partial charge is 0.332 e. The summed E-state index contributed by atoms with van der Waals surface area (Å²) in [5, 5.41) is 3.03. The zero-order chi connectivity index (χ0) is 16.1. The summed E-state index contributed by atoms with van der Waals surface area (Å²) in [6.07, 6.45) is 2.92. The van der Waals surface area contributed by atoms with Gasteiger partial charge in [0.05, 0.1) is 17.6 Å². The summed E-state index contributed by atoms with van der Waals surface area (Å²) in [6.45, 7) is 2.14. The molecule has 3 aromatic rings. The number of hydrogen-bond donors (Lipinski definition) is 2. The minimum absolute atomic E-state index is 0.362. The summed E-state index contributed by atoms with van der Waals surface area (Å²) in [7, 11) is 0. The van der Waals surface area contributed by atoms with Crippen molar-refractivity contribution in [1.29, 1.82) is 0 Å². The van der Waals surface area contributed by atoms with Crippen molar-refractivity contribution in [2.75, 3.05) is 11.9 Å². The van der Waals surface area contributed by atoms with Crippen LogP contribution in [0.15, 0.2) is 60.8 Å². The Morgan fingerprint density at radius 3 is 2.74 bits per heavy atom. The molecular formula is C18H17N3O2. The van der Waals surface area contributed by atoms with Gasteiger partial charge in [-0.3, -0.25) is 0 Å². The molecule has 5 nitrogen and oxygen atoms in total. The fraction of sp³-hybridized carbons (Fsp3) is 0.111. The van der Waals surface area contributed by atoms with E-state index < -0.39 is 0 Å². The molecule has 0 aliphatic heterocycles. The first-order valence-corrected chi connectivity index (χ1v) is 7.41. The number of rotatable bonds is 5. The lowest BCUT2D eigenvalue weighted by Gasteiger charge is -2.02. The fourth-order valence-electron chi connectivity index (χ4n) is 2.21. The summed E-state index contributed by atoms with van der Waals surface area (Å²) in [4.78, 5) is 19.1. The Morgan fingerprint density at radius 2 is 2.00 bits per heavy atom. The highest BCUT2D eigenvalue weighted by molar-refractivity contribution is 5.82. The van der Waals surface area contributed by atoms with Gasteiger partial charge >= 0.3 is 5.97 Å². The number of anilines is 1. The molecule has 2 aromatic carbocycles. The predicted molar refractivity (Wildman–Crippen MR) is 90.9 cm³/mol. The number of esters is 1. The normalized spacial score (nSPS) is 11.0. The molecule has 116 valence electrons. The van der Waals surface area contributed by atoms with Gasteiger partial charge < -0.3 is 15.0 Å². The number of ether oxygens (including phenoxy) is 1. The van der Waals surface area contributed by atoms with Crippen molar-refractivity contribution in [2.45, 2.75) is 6.92 Å². The number of para-hydroxylation sites is 2. The molecule has 0 fully saturated rings. The van der Waals surface area contributed by atoms with Crippen LogP contribution in [0, 0.1) is 0 Å². The van der Waals surface area contributed by atoms with E-state index in [4.69, 9.17) is 4.74 Å². The number of benzene rings is 2. The van der Waals surface area contributed by atoms with Crippen molar-refractivity contribution >= 4 is 22.7 Å². The maximum atomic E-state index is 11.2. The Bertz CT molecular complexity index is 802. The maximum Gasteiger partial charge on any atom is 0.332 e. The van der Waals surface area contributed by atoms with Crippen LogP contribution >= 0.6 is 0 Å². The van der Waals surface area contributed by atoms with E-state index >= 15 is 0 Å². The zero-order valence-corrected chi connectivity index (χ0v) is 12.7. The number of fused-ring (bicyclic) bond motifs is 1. The molecule has 0 radical (unpaired) electrons. The van der Waals surface area contributed by atoms with Crippen molar-refractivity contribution in [3.63, 3.8) is 0 Å². The van der Waals surface area contributed by atoms with Crippen LogP contribution in [0.25, 0.3) is 22.4 Å². The third-order valence-corrected chi connectivity index (χ3v) is 3.30. The van der Waals surface area contributed by atoms with Gasteiger partial charge in [0, 0.05) is 23.5 Å². The van der Waals surface area contributed by atoms with Crippen LogP contribution < -0.4 is 5.32 Å². The summed E-state index contributed by atoms with van der Waals surface area (Å²) < 4.78 is 4.81. The third-order valence-electron chi connectivity index (χ3n) is 3.30. The van der Waals surface area contributed by atoms with Crippen molar-refractivity contribution < 1.29 is 9.53 Å². The number of carbonyl (C=O) groups excluding carboxylic acids is 1. The van der Waals surface area contributed by atoms with Gasteiger partial charge in [0.1, 0.15) is 5.82 Å². The predicted octanol–water partition coefficient (Wildman–Crippen LogP) is 3.72. The molecule has 0 atom stereocenters. The number of nitrogens with one attached hydrogen (secondary N) is 2. The monoisotopic (exact) mass is 307 g/mol. The topological polar surface area (TPSA) is 67.0 Å². The van der Waals surface area contributed by atoms with Crippen molar-refractivity contribution in [3.8, 4) is 11.4 Å². The lowest BCUT2D eigenvalue weighted by atomic mass is 10.2. The van der Waals surface area contributed by atoms with Gasteiger partial charge in [-0.25, -0.2) is 9.78 Å². The summed E-state index contributed by atoms with van der Waals surface area (Å²) in [6, 6.07) is 15.7. The summed E-state index contributed by atoms with van der Waals surface area (Å²) >= 11 is 0. The standard InChI is InChI=1S/C18H17N3O2/c1-2-23-17(22)11-12-19-14-9-7-13(8-10-14)18-20-15-5-3-4-6-16(15)21-18/h3-12,19H,2H2,1H3,(H,20,21)/b12-11+. The van der Waals surface area contributed by atoms with Gasteiger partial charge in [-0.15, -0.1) is 0 Å². The number of aromatic nitrogens is 2. The average Bonchev–Trinajstić information content (AvgIpc) is 3.00. The van der Waals surface area contributed by atoms with Crippen molar-refractivity contribution in [1.82, 2.24) is 9.97 Å². The molecule has 0 bridgehead atoms. The Hall–Kier alpha value is -3.08. The van der Waals surface area contributed by atoms with Crippen LogP contribution in [0.3, 0.4) is 0 Å². The van der Waals surface area contributed by atoms with Crippen LogP contribution in [0.5, 0.6) is 0 Å². The molecule has 0 spiro atoms. The van der Waals surface area contributed by atoms with Crippen LogP contribution in [0.2, 0.25) is 0 Å². The van der Waals surface area contributed by atoms with E-state index in [-0.39, 0.29) is 5.97 Å². The van der Waals surface area contributed by atoms with E-state index in [1.807, 2.05) is 48.5 Å². The molecular weight excluding hydrogens is 290 g/mol. The van der Waals surface area contributed by atoms with E-state index in [2.05, 4.69) is 15.3 Å². The molecule has 0 unspecified atom stereocenters. The fourth-order valence-corrected chi connectivity index (χ4v) is 2.21. The minimum Gasteiger partial charge on any atom is -0.463 e. The summed E-state index contributed by atoms with van der Waals surface area (Å²) in [5.41, 5.74) is 3.84. The highest BCUT2D eigenvalue weighted by Gasteiger charge is 2.04. The maximum absolute atomic E-state index is 11.2. The molecule has 0 saturated carbocycles. The average molecular weight is 307 g/mol. The minimum atomic E-state index is -0.362. The highest BCUT2D eigenvalue weighted by Crippen LogP contribution is 2.21. The van der Waals surface area contributed by atoms with E-state index in [9.17, 15) is 4.79 Å². The largest absolute Gasteiger partial charge is 0.463 e. The molecule has 1 heterocycles. The number of aromatic amines is 1. The third kappa shape index (κ3) is 3.58. The van der Waals surface area contributed by atoms with E-state index in [1.54, 1.807) is 13.1 Å². The lowest BCUT2D eigenvalue weighted by Crippen LogP contribution is -2.00.